The summed E-state index contributed by atoms with van der Waals surface area (Å²) in [5.41, 5.74) is 2.44. The highest BCUT2D eigenvalue weighted by Crippen LogP contribution is 2.19. The third kappa shape index (κ3) is 5.67. The van der Waals surface area contributed by atoms with Crippen LogP contribution in [0.2, 0.25) is 0 Å². The molecule has 0 unspecified atom stereocenters. The van der Waals surface area contributed by atoms with Gasteiger partial charge in [0.1, 0.15) is 0 Å². The van der Waals surface area contributed by atoms with Gasteiger partial charge in [-0.15, -0.1) is 0 Å². The number of benzene rings is 1. The molecular formula is C21H31N3O. The molecule has 25 heavy (non-hydrogen) atoms. The number of aryl methyl sites for hydroxylation is 1. The standard InChI is InChI=1S/C21H31N3O/c1-2-3-4-5-6-7-9-17-11-13-18(14-12-17)21-23-20(25-24-21)16-19-10-8-15-22-19/h11-14,19,22H,2-10,15-16H2,1H3/t19-/m0/s1. The minimum Gasteiger partial charge on any atom is -0.339 e. The van der Waals surface area contributed by atoms with Crippen LogP contribution in [0.4, 0.5) is 0 Å². The fourth-order valence-corrected chi connectivity index (χ4v) is 3.53. The molecule has 3 rings (SSSR count). The van der Waals surface area contributed by atoms with E-state index in [1.165, 1.54) is 56.9 Å². The van der Waals surface area contributed by atoms with Gasteiger partial charge in [-0.1, -0.05) is 68.4 Å². The Morgan fingerprint density at radius 3 is 2.64 bits per heavy atom. The lowest BCUT2D eigenvalue weighted by Gasteiger charge is -2.04. The molecule has 1 aromatic carbocycles. The van der Waals surface area contributed by atoms with Crippen molar-refractivity contribution in [2.24, 2.45) is 0 Å². The van der Waals surface area contributed by atoms with Gasteiger partial charge in [-0.3, -0.25) is 0 Å². The zero-order chi connectivity index (χ0) is 17.3. The van der Waals surface area contributed by atoms with Crippen LogP contribution in [0.3, 0.4) is 0 Å². The van der Waals surface area contributed by atoms with Crippen LogP contribution in [0.5, 0.6) is 0 Å². The van der Waals surface area contributed by atoms with E-state index in [-0.39, 0.29) is 0 Å². The molecule has 0 saturated carbocycles. The molecule has 4 heteroatoms. The number of unbranched alkanes of at least 4 members (excludes halogenated alkanes) is 5. The van der Waals surface area contributed by atoms with Gasteiger partial charge < -0.3 is 9.84 Å². The fraction of sp³-hybridized carbons (Fsp3) is 0.619. The Labute approximate surface area is 151 Å². The second kappa shape index (κ2) is 9.71. The maximum absolute atomic E-state index is 5.42. The molecule has 1 aliphatic rings. The topological polar surface area (TPSA) is 51.0 Å². The number of rotatable bonds is 10. The molecule has 1 fully saturated rings. The second-order valence-electron chi connectivity index (χ2n) is 7.22. The normalized spacial score (nSPS) is 17.2. The van der Waals surface area contributed by atoms with Gasteiger partial charge >= 0.3 is 0 Å². The molecule has 1 saturated heterocycles. The fourth-order valence-electron chi connectivity index (χ4n) is 3.53. The first-order valence-electron chi connectivity index (χ1n) is 10.0. The third-order valence-corrected chi connectivity index (χ3v) is 5.08. The highest BCUT2D eigenvalue weighted by Gasteiger charge is 2.18. The number of nitrogens with one attached hydrogen (secondary N) is 1. The summed E-state index contributed by atoms with van der Waals surface area (Å²) in [7, 11) is 0. The lowest BCUT2D eigenvalue weighted by atomic mass is 10.0. The highest BCUT2D eigenvalue weighted by atomic mass is 16.5. The predicted octanol–water partition coefficient (Wildman–Crippen LogP) is 4.93. The summed E-state index contributed by atoms with van der Waals surface area (Å²) < 4.78 is 5.42. The van der Waals surface area contributed by atoms with Crippen molar-refractivity contribution in [1.82, 2.24) is 15.5 Å². The summed E-state index contributed by atoms with van der Waals surface area (Å²) in [6.07, 6.45) is 12.5. The van der Waals surface area contributed by atoms with Gasteiger partial charge in [-0.25, -0.2) is 0 Å². The van der Waals surface area contributed by atoms with Crippen molar-refractivity contribution in [2.45, 2.75) is 77.2 Å². The van der Waals surface area contributed by atoms with E-state index >= 15 is 0 Å². The summed E-state index contributed by atoms with van der Waals surface area (Å²) in [6.45, 7) is 3.37. The lowest BCUT2D eigenvalue weighted by Crippen LogP contribution is -2.23. The monoisotopic (exact) mass is 341 g/mol. The van der Waals surface area contributed by atoms with Crippen LogP contribution in [0, 0.1) is 0 Å². The molecule has 1 aliphatic heterocycles. The molecule has 0 radical (unpaired) electrons. The molecule has 1 N–H and O–H groups in total. The van der Waals surface area contributed by atoms with Crippen molar-refractivity contribution in [2.75, 3.05) is 6.54 Å². The maximum atomic E-state index is 5.42. The van der Waals surface area contributed by atoms with E-state index in [2.05, 4.69) is 46.6 Å². The first-order chi connectivity index (χ1) is 12.3. The minimum atomic E-state index is 0.494. The van der Waals surface area contributed by atoms with Crippen molar-refractivity contribution in [3.63, 3.8) is 0 Å². The molecule has 0 bridgehead atoms. The first-order valence-corrected chi connectivity index (χ1v) is 10.0. The van der Waals surface area contributed by atoms with Crippen LogP contribution in [-0.4, -0.2) is 22.7 Å². The number of aromatic nitrogens is 2. The zero-order valence-corrected chi connectivity index (χ0v) is 15.5. The van der Waals surface area contributed by atoms with Gasteiger partial charge in [0.2, 0.25) is 11.7 Å². The highest BCUT2D eigenvalue weighted by molar-refractivity contribution is 5.54. The molecule has 136 valence electrons. The predicted molar refractivity (Wildman–Crippen MR) is 102 cm³/mol. The van der Waals surface area contributed by atoms with Gasteiger partial charge in [-0.2, -0.15) is 4.98 Å². The Hall–Kier alpha value is -1.68. The number of nitrogens with zero attached hydrogens (tertiary/aromatic N) is 2. The van der Waals surface area contributed by atoms with E-state index in [9.17, 15) is 0 Å². The molecule has 2 heterocycles. The van der Waals surface area contributed by atoms with Crippen LogP contribution in [0.15, 0.2) is 28.8 Å². The Bertz CT molecular complexity index is 614. The third-order valence-electron chi connectivity index (χ3n) is 5.08. The minimum absolute atomic E-state index is 0.494. The number of hydrogen-bond acceptors (Lipinski definition) is 4. The molecule has 2 aromatic rings. The Morgan fingerprint density at radius 2 is 1.88 bits per heavy atom. The van der Waals surface area contributed by atoms with Crippen molar-refractivity contribution >= 4 is 0 Å². The van der Waals surface area contributed by atoms with E-state index in [4.69, 9.17) is 4.52 Å². The largest absolute Gasteiger partial charge is 0.339 e. The SMILES string of the molecule is CCCCCCCCc1ccc(-c2noc(C[C@@H]3CCCN3)n2)cc1. The molecule has 0 amide bonds. The summed E-state index contributed by atoms with van der Waals surface area (Å²) in [6, 6.07) is 9.14. The van der Waals surface area contributed by atoms with Crippen LogP contribution in [-0.2, 0) is 12.8 Å². The quantitative estimate of drug-likeness (QED) is 0.622. The second-order valence-corrected chi connectivity index (χ2v) is 7.22. The smallest absolute Gasteiger partial charge is 0.228 e. The zero-order valence-electron chi connectivity index (χ0n) is 15.5. The van der Waals surface area contributed by atoms with Crippen molar-refractivity contribution in [3.8, 4) is 11.4 Å². The molecule has 0 spiro atoms. The van der Waals surface area contributed by atoms with Crippen LogP contribution >= 0.6 is 0 Å². The van der Waals surface area contributed by atoms with E-state index in [1.54, 1.807) is 0 Å². The average molecular weight is 341 g/mol. The summed E-state index contributed by atoms with van der Waals surface area (Å²) in [5, 5.41) is 7.62. The van der Waals surface area contributed by atoms with E-state index in [0.29, 0.717) is 11.9 Å². The maximum Gasteiger partial charge on any atom is 0.228 e. The Morgan fingerprint density at radius 1 is 1.08 bits per heavy atom. The van der Waals surface area contributed by atoms with E-state index in [1.807, 2.05) is 0 Å². The van der Waals surface area contributed by atoms with Crippen LogP contribution in [0.1, 0.15) is 69.7 Å². The van der Waals surface area contributed by atoms with Crippen molar-refractivity contribution < 1.29 is 4.52 Å². The summed E-state index contributed by atoms with van der Waals surface area (Å²) >= 11 is 0. The van der Waals surface area contributed by atoms with E-state index < -0.39 is 0 Å². The Balaban J connectivity index is 1.46. The molecule has 1 aromatic heterocycles. The van der Waals surface area contributed by atoms with Crippen LogP contribution < -0.4 is 5.32 Å². The van der Waals surface area contributed by atoms with Gasteiger partial charge in [0.05, 0.1) is 0 Å². The van der Waals surface area contributed by atoms with Gasteiger partial charge in [0.15, 0.2) is 0 Å². The van der Waals surface area contributed by atoms with Gasteiger partial charge in [-0.05, 0) is 37.8 Å². The average Bonchev–Trinajstić information content (AvgIpc) is 3.31. The first kappa shape index (κ1) is 18.1. The van der Waals surface area contributed by atoms with Crippen LogP contribution in [0.25, 0.3) is 11.4 Å². The van der Waals surface area contributed by atoms with E-state index in [0.717, 1.165) is 30.8 Å². The number of hydrogen-bond donors (Lipinski definition) is 1. The Kier molecular flexibility index (Phi) is 7.04. The molecule has 0 aliphatic carbocycles. The van der Waals surface area contributed by atoms with Crippen molar-refractivity contribution in [1.29, 1.82) is 0 Å². The molecule has 4 nitrogen and oxygen atoms in total. The summed E-state index contributed by atoms with van der Waals surface area (Å²) in [5.74, 6) is 1.45. The van der Waals surface area contributed by atoms with Crippen molar-refractivity contribution in [3.05, 3.63) is 35.7 Å². The molecular weight excluding hydrogens is 310 g/mol. The molecule has 1 atom stereocenters. The summed E-state index contributed by atoms with van der Waals surface area (Å²) in [4.78, 5) is 4.56. The lowest BCUT2D eigenvalue weighted by molar-refractivity contribution is 0.364. The van der Waals surface area contributed by atoms with Gasteiger partial charge in [0.25, 0.3) is 0 Å². The van der Waals surface area contributed by atoms with Gasteiger partial charge in [0, 0.05) is 18.0 Å².